The molecule has 170 valence electrons. The smallest absolute Gasteiger partial charge is 0.255 e. The standard InChI is InChI=1S/C29H20N2O4/c32-26-22-4-2-1-3-20(22)21-12-9-18(14-23(21)26)30-27(33)15-7-10-19(11-8-15)31-28(34)24-16-5-6-17(13-16)25(24)29(31)35/h1-12,14,16-17,24-25H,13H2,(H,30,33). The molecule has 0 spiro atoms. The lowest BCUT2D eigenvalue weighted by molar-refractivity contribution is -0.123. The first-order valence-electron chi connectivity index (χ1n) is 11.8. The summed E-state index contributed by atoms with van der Waals surface area (Å²) in [5, 5.41) is 2.85. The van der Waals surface area contributed by atoms with Crippen LogP contribution in [0.25, 0.3) is 11.1 Å². The van der Waals surface area contributed by atoms with Crippen LogP contribution < -0.4 is 10.2 Å². The molecular formula is C29H20N2O4. The van der Waals surface area contributed by atoms with Gasteiger partial charge in [0.05, 0.1) is 17.5 Å². The van der Waals surface area contributed by atoms with E-state index in [1.165, 1.54) is 4.90 Å². The molecule has 2 fully saturated rings. The van der Waals surface area contributed by atoms with Crippen LogP contribution in [0.3, 0.4) is 0 Å². The lowest BCUT2D eigenvalue weighted by atomic mass is 9.85. The number of ketones is 1. The second-order valence-corrected chi connectivity index (χ2v) is 9.65. The monoisotopic (exact) mass is 460 g/mol. The third kappa shape index (κ3) is 2.77. The molecule has 1 aliphatic heterocycles. The second-order valence-electron chi connectivity index (χ2n) is 9.65. The fraction of sp³-hybridized carbons (Fsp3) is 0.172. The van der Waals surface area contributed by atoms with E-state index in [1.54, 1.807) is 36.4 Å². The highest BCUT2D eigenvalue weighted by molar-refractivity contribution is 6.23. The molecule has 4 aliphatic rings. The van der Waals surface area contributed by atoms with E-state index in [-0.39, 0.29) is 47.2 Å². The summed E-state index contributed by atoms with van der Waals surface area (Å²) in [6.07, 6.45) is 5.03. The maximum atomic E-state index is 13.0. The van der Waals surface area contributed by atoms with Crippen LogP contribution in [0, 0.1) is 23.7 Å². The van der Waals surface area contributed by atoms with E-state index in [1.807, 2.05) is 30.3 Å². The number of carbonyl (C=O) groups is 4. The molecule has 2 bridgehead atoms. The maximum absolute atomic E-state index is 13.0. The van der Waals surface area contributed by atoms with Crippen molar-refractivity contribution in [1.82, 2.24) is 0 Å². The van der Waals surface area contributed by atoms with Crippen LogP contribution in [0.5, 0.6) is 0 Å². The first kappa shape index (κ1) is 20.1. The van der Waals surface area contributed by atoms with Gasteiger partial charge in [-0.3, -0.25) is 24.1 Å². The minimum absolute atomic E-state index is 0.0515. The van der Waals surface area contributed by atoms with Crippen LogP contribution in [0.4, 0.5) is 11.4 Å². The number of anilines is 2. The Morgan fingerprint density at radius 3 is 2.06 bits per heavy atom. The first-order valence-corrected chi connectivity index (χ1v) is 11.8. The van der Waals surface area contributed by atoms with Crippen LogP contribution >= 0.6 is 0 Å². The summed E-state index contributed by atoms with van der Waals surface area (Å²) < 4.78 is 0. The van der Waals surface area contributed by atoms with Crippen LogP contribution in [-0.2, 0) is 9.59 Å². The van der Waals surface area contributed by atoms with Crippen molar-refractivity contribution in [2.75, 3.05) is 10.2 Å². The molecule has 3 amide bonds. The summed E-state index contributed by atoms with van der Waals surface area (Å²) in [6, 6.07) is 19.3. The number of benzene rings is 3. The molecule has 1 saturated carbocycles. The molecule has 4 atom stereocenters. The van der Waals surface area contributed by atoms with E-state index in [0.29, 0.717) is 28.1 Å². The third-order valence-corrected chi connectivity index (χ3v) is 7.84. The van der Waals surface area contributed by atoms with Crippen molar-refractivity contribution in [2.24, 2.45) is 23.7 Å². The van der Waals surface area contributed by atoms with E-state index in [4.69, 9.17) is 0 Å². The second kappa shape index (κ2) is 7.09. The number of hydrogen-bond acceptors (Lipinski definition) is 4. The van der Waals surface area contributed by atoms with Gasteiger partial charge < -0.3 is 5.32 Å². The highest BCUT2D eigenvalue weighted by atomic mass is 16.2. The van der Waals surface area contributed by atoms with Crippen molar-refractivity contribution >= 4 is 34.9 Å². The molecule has 3 aliphatic carbocycles. The number of amides is 3. The van der Waals surface area contributed by atoms with Crippen LogP contribution in [0.2, 0.25) is 0 Å². The number of fused-ring (bicyclic) bond motifs is 8. The Morgan fingerprint density at radius 1 is 0.743 bits per heavy atom. The van der Waals surface area contributed by atoms with E-state index >= 15 is 0 Å². The number of hydrogen-bond donors (Lipinski definition) is 1. The minimum atomic E-state index is -0.336. The van der Waals surface area contributed by atoms with Gasteiger partial charge in [0, 0.05) is 22.4 Å². The predicted octanol–water partition coefficient (Wildman–Crippen LogP) is 4.46. The van der Waals surface area contributed by atoms with E-state index in [0.717, 1.165) is 17.5 Å². The Bertz CT molecular complexity index is 1470. The summed E-state index contributed by atoms with van der Waals surface area (Å²) in [4.78, 5) is 52.9. The van der Waals surface area contributed by atoms with Gasteiger partial charge in [-0.1, -0.05) is 42.5 Å². The van der Waals surface area contributed by atoms with Gasteiger partial charge in [-0.2, -0.15) is 0 Å². The summed E-state index contributed by atoms with van der Waals surface area (Å²) >= 11 is 0. The van der Waals surface area contributed by atoms with Crippen molar-refractivity contribution < 1.29 is 19.2 Å². The van der Waals surface area contributed by atoms with Gasteiger partial charge in [0.2, 0.25) is 11.8 Å². The van der Waals surface area contributed by atoms with Crippen molar-refractivity contribution in [3.63, 3.8) is 0 Å². The molecule has 1 saturated heterocycles. The molecule has 3 aromatic carbocycles. The zero-order valence-corrected chi connectivity index (χ0v) is 18.6. The quantitative estimate of drug-likeness (QED) is 0.361. The summed E-state index contributed by atoms with van der Waals surface area (Å²) in [6.45, 7) is 0. The van der Waals surface area contributed by atoms with Crippen molar-refractivity contribution in [3.8, 4) is 11.1 Å². The minimum Gasteiger partial charge on any atom is -0.322 e. The topological polar surface area (TPSA) is 83.6 Å². The van der Waals surface area contributed by atoms with E-state index in [2.05, 4.69) is 17.5 Å². The zero-order chi connectivity index (χ0) is 23.8. The summed E-state index contributed by atoms with van der Waals surface area (Å²) in [5.41, 5.74) is 4.41. The van der Waals surface area contributed by atoms with Gasteiger partial charge in [-0.25, -0.2) is 0 Å². The van der Waals surface area contributed by atoms with Gasteiger partial charge >= 0.3 is 0 Å². The number of rotatable bonds is 3. The highest BCUT2D eigenvalue weighted by Gasteiger charge is 2.59. The van der Waals surface area contributed by atoms with E-state index < -0.39 is 0 Å². The summed E-state index contributed by atoms with van der Waals surface area (Å²) in [7, 11) is 0. The molecule has 3 aromatic rings. The Hall–Kier alpha value is -4.32. The van der Waals surface area contributed by atoms with Gasteiger partial charge in [0.15, 0.2) is 5.78 Å². The number of allylic oxidation sites excluding steroid dienone is 2. The number of nitrogens with one attached hydrogen (secondary N) is 1. The lowest BCUT2D eigenvalue weighted by Gasteiger charge is -2.17. The molecule has 0 aromatic heterocycles. The average Bonchev–Trinajstić information content (AvgIpc) is 3.62. The van der Waals surface area contributed by atoms with Crippen molar-refractivity contribution in [3.05, 3.63) is 95.6 Å². The zero-order valence-electron chi connectivity index (χ0n) is 18.6. The highest BCUT2D eigenvalue weighted by Crippen LogP contribution is 2.53. The van der Waals surface area contributed by atoms with Crippen molar-refractivity contribution in [2.45, 2.75) is 6.42 Å². The van der Waals surface area contributed by atoms with Gasteiger partial charge in [0.1, 0.15) is 0 Å². The average molecular weight is 460 g/mol. The molecule has 4 unspecified atom stereocenters. The van der Waals surface area contributed by atoms with Crippen LogP contribution in [-0.4, -0.2) is 23.5 Å². The maximum Gasteiger partial charge on any atom is 0.255 e. The van der Waals surface area contributed by atoms with Gasteiger partial charge in [-0.05, 0) is 65.8 Å². The first-order chi connectivity index (χ1) is 17.0. The predicted molar refractivity (Wildman–Crippen MR) is 130 cm³/mol. The van der Waals surface area contributed by atoms with E-state index in [9.17, 15) is 19.2 Å². The van der Waals surface area contributed by atoms with Gasteiger partial charge in [-0.15, -0.1) is 0 Å². The largest absolute Gasteiger partial charge is 0.322 e. The Labute approximate surface area is 201 Å². The summed E-state index contributed by atoms with van der Waals surface area (Å²) in [5.74, 6) is -0.868. The molecule has 1 heterocycles. The fourth-order valence-electron chi connectivity index (χ4n) is 6.23. The SMILES string of the molecule is O=C(Nc1ccc2c(c1)C(=O)c1ccccc1-2)c1ccc(N2C(=O)C3C4C=CC(C4)C3C2=O)cc1. The molecular weight excluding hydrogens is 440 g/mol. The molecule has 7 rings (SSSR count). The number of carbonyl (C=O) groups excluding carboxylic acids is 4. The number of nitrogens with zero attached hydrogens (tertiary/aromatic N) is 1. The third-order valence-electron chi connectivity index (χ3n) is 7.84. The van der Waals surface area contributed by atoms with Crippen LogP contribution in [0.15, 0.2) is 78.9 Å². The molecule has 35 heavy (non-hydrogen) atoms. The van der Waals surface area contributed by atoms with Crippen LogP contribution in [0.1, 0.15) is 32.7 Å². The normalized spacial score (nSPS) is 25.1. The Balaban J connectivity index is 1.10. The van der Waals surface area contributed by atoms with Gasteiger partial charge in [0.25, 0.3) is 5.91 Å². The Morgan fingerprint density at radius 2 is 1.37 bits per heavy atom. The molecule has 1 N–H and O–H groups in total. The van der Waals surface area contributed by atoms with Crippen molar-refractivity contribution in [1.29, 1.82) is 0 Å². The number of imide groups is 1. The molecule has 0 radical (unpaired) electrons. The molecule has 6 nitrogen and oxygen atoms in total. The lowest BCUT2D eigenvalue weighted by Crippen LogP contribution is -2.32. The fourth-order valence-corrected chi connectivity index (χ4v) is 6.23. The Kier molecular flexibility index (Phi) is 4.07. The molecule has 6 heteroatoms.